The minimum atomic E-state index is -0.386. The van der Waals surface area contributed by atoms with Crippen molar-refractivity contribution in [3.8, 4) is 0 Å². The first-order valence-corrected chi connectivity index (χ1v) is 8.81. The van der Waals surface area contributed by atoms with Crippen LogP contribution in [0.4, 0.5) is 5.69 Å². The van der Waals surface area contributed by atoms with E-state index in [1.807, 2.05) is 38.1 Å². The lowest BCUT2D eigenvalue weighted by Crippen LogP contribution is -2.36. The zero-order chi connectivity index (χ0) is 19.2. The zero-order valence-electron chi connectivity index (χ0n) is 15.8. The van der Waals surface area contributed by atoms with Crippen molar-refractivity contribution in [1.82, 2.24) is 10.6 Å². The third-order valence-corrected chi connectivity index (χ3v) is 4.30. The van der Waals surface area contributed by atoms with Crippen LogP contribution >= 0.6 is 24.0 Å². The molecule has 2 aromatic carbocycles. The van der Waals surface area contributed by atoms with Crippen LogP contribution in [-0.4, -0.2) is 17.4 Å². The maximum absolute atomic E-state index is 11.1. The maximum Gasteiger partial charge on any atom is 0.274 e. The highest BCUT2D eigenvalue weighted by atomic mass is 127. The third kappa shape index (κ3) is 5.00. The molecule has 0 bridgehead atoms. The Hall–Kier alpha value is -2.62. The lowest BCUT2D eigenvalue weighted by atomic mass is 10.1. The van der Waals surface area contributed by atoms with E-state index in [0.717, 1.165) is 22.3 Å². The zero-order valence-corrected chi connectivity index (χ0v) is 18.1. The summed E-state index contributed by atoms with van der Waals surface area (Å²) in [5.74, 6) is 1.42. The summed E-state index contributed by atoms with van der Waals surface area (Å²) in [4.78, 5) is 15.2. The van der Waals surface area contributed by atoms with Gasteiger partial charge in [0.2, 0.25) is 0 Å². The first kappa shape index (κ1) is 21.7. The predicted octanol–water partition coefficient (Wildman–Crippen LogP) is 4.52. The second kappa shape index (κ2) is 10.1. The quantitative estimate of drug-likeness (QED) is 0.173. The Bertz CT molecular complexity index is 984. The van der Waals surface area contributed by atoms with Crippen molar-refractivity contribution in [3.63, 3.8) is 0 Å². The van der Waals surface area contributed by atoms with Gasteiger partial charge in [0.15, 0.2) is 5.96 Å². The second-order valence-electron chi connectivity index (χ2n) is 6.08. The van der Waals surface area contributed by atoms with Crippen LogP contribution in [0.15, 0.2) is 57.9 Å². The molecule has 0 spiro atoms. The predicted molar refractivity (Wildman–Crippen MR) is 121 cm³/mol. The van der Waals surface area contributed by atoms with E-state index >= 15 is 0 Å². The normalized spacial score (nSPS) is 11.1. The van der Waals surface area contributed by atoms with E-state index < -0.39 is 0 Å². The molecule has 28 heavy (non-hydrogen) atoms. The number of furan rings is 1. The summed E-state index contributed by atoms with van der Waals surface area (Å²) >= 11 is 0. The Labute approximate surface area is 180 Å². The number of nitrogens with one attached hydrogen (secondary N) is 2. The Morgan fingerprint density at radius 1 is 1.14 bits per heavy atom. The third-order valence-electron chi connectivity index (χ3n) is 4.30. The van der Waals surface area contributed by atoms with Gasteiger partial charge in [-0.1, -0.05) is 36.4 Å². The monoisotopic (exact) mass is 494 g/mol. The molecule has 1 aromatic heterocycles. The van der Waals surface area contributed by atoms with E-state index in [1.54, 1.807) is 18.2 Å². The van der Waals surface area contributed by atoms with Gasteiger partial charge in [0.05, 0.1) is 23.6 Å². The summed E-state index contributed by atoms with van der Waals surface area (Å²) in [6, 6.07) is 14.5. The van der Waals surface area contributed by atoms with Crippen molar-refractivity contribution >= 4 is 46.6 Å². The van der Waals surface area contributed by atoms with Crippen LogP contribution in [0.25, 0.3) is 11.0 Å². The SMILES string of the molecule is CCNC(=NCc1ccccc1[N+](=O)[O-])NCc1oc2ccccc2c1C.I. The van der Waals surface area contributed by atoms with E-state index in [1.165, 1.54) is 6.07 Å². The Balaban J connectivity index is 0.00000280. The molecular formula is C20H23IN4O3. The van der Waals surface area contributed by atoms with Crippen LogP contribution in [0.2, 0.25) is 0 Å². The number of rotatable bonds is 6. The molecule has 1 heterocycles. The average Bonchev–Trinajstić information content (AvgIpc) is 3.00. The number of nitro benzene ring substituents is 1. The van der Waals surface area contributed by atoms with Crippen LogP contribution < -0.4 is 10.6 Å². The first-order chi connectivity index (χ1) is 13.1. The fourth-order valence-electron chi connectivity index (χ4n) is 2.89. The number of hydrogen-bond acceptors (Lipinski definition) is 4. The lowest BCUT2D eigenvalue weighted by Gasteiger charge is -2.10. The van der Waals surface area contributed by atoms with E-state index in [0.29, 0.717) is 24.6 Å². The number of nitrogens with zero attached hydrogens (tertiary/aromatic N) is 2. The molecule has 0 radical (unpaired) electrons. The fourth-order valence-corrected chi connectivity index (χ4v) is 2.89. The van der Waals surface area contributed by atoms with Crippen molar-refractivity contribution in [2.75, 3.05) is 6.54 Å². The Morgan fingerprint density at radius 3 is 2.57 bits per heavy atom. The highest BCUT2D eigenvalue weighted by molar-refractivity contribution is 14.0. The first-order valence-electron chi connectivity index (χ1n) is 8.81. The van der Waals surface area contributed by atoms with Gasteiger partial charge in [-0.15, -0.1) is 24.0 Å². The van der Waals surface area contributed by atoms with Crippen molar-refractivity contribution < 1.29 is 9.34 Å². The minimum Gasteiger partial charge on any atom is -0.459 e. The van der Waals surface area contributed by atoms with Gasteiger partial charge in [0.25, 0.3) is 5.69 Å². The number of para-hydroxylation sites is 2. The summed E-state index contributed by atoms with van der Waals surface area (Å²) in [5, 5.41) is 18.6. The smallest absolute Gasteiger partial charge is 0.274 e. The standard InChI is InChI=1S/C20H22N4O3.HI/c1-3-21-20(22-12-15-8-4-6-10-17(15)24(25)26)23-13-19-14(2)16-9-5-7-11-18(16)27-19;/h4-11H,3,12-13H2,1-2H3,(H2,21,22,23);1H. The summed E-state index contributed by atoms with van der Waals surface area (Å²) in [7, 11) is 0. The van der Waals surface area contributed by atoms with E-state index in [9.17, 15) is 10.1 Å². The summed E-state index contributed by atoms with van der Waals surface area (Å²) in [6.07, 6.45) is 0. The van der Waals surface area contributed by atoms with Crippen molar-refractivity contribution in [1.29, 1.82) is 0 Å². The number of halogens is 1. The van der Waals surface area contributed by atoms with Crippen LogP contribution in [0.5, 0.6) is 0 Å². The van der Waals surface area contributed by atoms with Crippen LogP contribution in [-0.2, 0) is 13.1 Å². The van der Waals surface area contributed by atoms with E-state index in [2.05, 4.69) is 15.6 Å². The summed E-state index contributed by atoms with van der Waals surface area (Å²) in [6.45, 7) is 5.37. The van der Waals surface area contributed by atoms with Crippen LogP contribution in [0.1, 0.15) is 23.8 Å². The summed E-state index contributed by atoms with van der Waals surface area (Å²) in [5.41, 5.74) is 2.59. The van der Waals surface area contributed by atoms with Gasteiger partial charge in [0, 0.05) is 23.6 Å². The minimum absolute atomic E-state index is 0. The number of benzene rings is 2. The molecule has 3 aromatic rings. The molecule has 2 N–H and O–H groups in total. The van der Waals surface area contributed by atoms with Gasteiger partial charge >= 0.3 is 0 Å². The Kier molecular flexibility index (Phi) is 7.80. The van der Waals surface area contributed by atoms with E-state index in [-0.39, 0.29) is 41.1 Å². The largest absolute Gasteiger partial charge is 0.459 e. The molecule has 0 atom stereocenters. The number of nitro groups is 1. The number of hydrogen-bond donors (Lipinski definition) is 2. The van der Waals surface area contributed by atoms with Crippen molar-refractivity contribution in [3.05, 3.63) is 75.5 Å². The van der Waals surface area contributed by atoms with Gasteiger partial charge in [-0.3, -0.25) is 10.1 Å². The molecular weight excluding hydrogens is 471 g/mol. The van der Waals surface area contributed by atoms with Crippen molar-refractivity contribution in [2.45, 2.75) is 26.9 Å². The van der Waals surface area contributed by atoms with Crippen LogP contribution in [0.3, 0.4) is 0 Å². The highest BCUT2D eigenvalue weighted by Gasteiger charge is 2.13. The molecule has 3 rings (SSSR count). The molecule has 148 valence electrons. The second-order valence-corrected chi connectivity index (χ2v) is 6.08. The fraction of sp³-hybridized carbons (Fsp3) is 0.250. The molecule has 0 amide bonds. The molecule has 0 saturated carbocycles. The van der Waals surface area contributed by atoms with Crippen LogP contribution in [0, 0.1) is 17.0 Å². The van der Waals surface area contributed by atoms with Gasteiger partial charge in [0.1, 0.15) is 11.3 Å². The molecule has 0 aliphatic carbocycles. The van der Waals surface area contributed by atoms with Gasteiger partial charge in [-0.2, -0.15) is 0 Å². The summed E-state index contributed by atoms with van der Waals surface area (Å²) < 4.78 is 5.91. The molecule has 7 nitrogen and oxygen atoms in total. The highest BCUT2D eigenvalue weighted by Crippen LogP contribution is 2.24. The lowest BCUT2D eigenvalue weighted by molar-refractivity contribution is -0.385. The number of aryl methyl sites for hydroxylation is 1. The molecule has 0 saturated heterocycles. The average molecular weight is 494 g/mol. The van der Waals surface area contributed by atoms with Gasteiger partial charge in [-0.25, -0.2) is 4.99 Å². The number of fused-ring (bicyclic) bond motifs is 1. The van der Waals surface area contributed by atoms with Gasteiger partial charge < -0.3 is 15.1 Å². The molecule has 8 heteroatoms. The molecule has 0 unspecified atom stereocenters. The van der Waals surface area contributed by atoms with Crippen molar-refractivity contribution in [2.24, 2.45) is 4.99 Å². The molecule has 0 aliphatic rings. The topological polar surface area (TPSA) is 92.7 Å². The number of aliphatic imine (C=N–C) groups is 1. The Morgan fingerprint density at radius 2 is 1.86 bits per heavy atom. The molecule has 0 fully saturated rings. The number of guanidine groups is 1. The van der Waals surface area contributed by atoms with Gasteiger partial charge in [-0.05, 0) is 19.9 Å². The van der Waals surface area contributed by atoms with E-state index in [4.69, 9.17) is 4.42 Å². The molecule has 0 aliphatic heterocycles. The maximum atomic E-state index is 11.1.